The number of rotatable bonds is 3. The molecule has 0 aliphatic heterocycles. The standard InChI is InChI=1S/C8H16N3OP/c1-11(13(9,10)12)7-8-5-3-2-4-6-8/h2-3,5H,4,6-7H2,1H3,(H4,9,10,12). The molecular weight excluding hydrogens is 185 g/mol. The largest absolute Gasteiger partial charge is 0.276 e. The molecule has 0 aromatic rings. The van der Waals surface area contributed by atoms with Crippen LogP contribution in [0.3, 0.4) is 0 Å². The Labute approximate surface area is 78.8 Å². The fourth-order valence-electron chi connectivity index (χ4n) is 1.19. The van der Waals surface area contributed by atoms with Gasteiger partial charge >= 0.3 is 0 Å². The molecule has 0 saturated heterocycles. The maximum Gasteiger partial charge on any atom is 0.276 e. The Balaban J connectivity index is 2.54. The Morgan fingerprint density at radius 2 is 2.31 bits per heavy atom. The van der Waals surface area contributed by atoms with Crippen molar-refractivity contribution in [1.82, 2.24) is 4.67 Å². The predicted molar refractivity (Wildman–Crippen MR) is 55.1 cm³/mol. The summed E-state index contributed by atoms with van der Waals surface area (Å²) in [5.41, 5.74) is 11.8. The predicted octanol–water partition coefficient (Wildman–Crippen LogP) is 1.22. The third kappa shape index (κ3) is 3.44. The molecule has 0 bridgehead atoms. The van der Waals surface area contributed by atoms with Crippen LogP contribution in [0.4, 0.5) is 0 Å². The van der Waals surface area contributed by atoms with Gasteiger partial charge in [0.25, 0.3) is 7.59 Å². The number of nitrogens with zero attached hydrogens (tertiary/aromatic N) is 1. The SMILES string of the molecule is CN(CC1=CC=CCC1)P(N)(N)=O. The number of hydrogen-bond acceptors (Lipinski definition) is 1. The minimum atomic E-state index is -3.05. The molecule has 5 heteroatoms. The maximum atomic E-state index is 11.2. The Morgan fingerprint density at radius 3 is 2.77 bits per heavy atom. The minimum Gasteiger partial charge on any atom is -0.271 e. The van der Waals surface area contributed by atoms with Crippen LogP contribution in [0, 0.1) is 0 Å². The van der Waals surface area contributed by atoms with E-state index in [1.54, 1.807) is 7.05 Å². The topological polar surface area (TPSA) is 72.3 Å². The van der Waals surface area contributed by atoms with Gasteiger partial charge in [-0.3, -0.25) is 15.6 Å². The van der Waals surface area contributed by atoms with Crippen LogP contribution >= 0.6 is 7.59 Å². The van der Waals surface area contributed by atoms with Crippen LogP contribution in [0.25, 0.3) is 0 Å². The minimum absolute atomic E-state index is 0.592. The number of hydrogen-bond donors (Lipinski definition) is 2. The number of allylic oxidation sites excluding steroid dienone is 3. The van der Waals surface area contributed by atoms with Crippen LogP contribution in [0.2, 0.25) is 0 Å². The molecule has 0 spiro atoms. The van der Waals surface area contributed by atoms with Crippen LogP contribution in [-0.2, 0) is 4.57 Å². The average Bonchev–Trinajstić information content (AvgIpc) is 2.04. The van der Waals surface area contributed by atoms with Gasteiger partial charge < -0.3 is 0 Å². The summed E-state index contributed by atoms with van der Waals surface area (Å²) < 4.78 is 12.7. The second-order valence-corrected chi connectivity index (χ2v) is 5.31. The van der Waals surface area contributed by atoms with Gasteiger partial charge in [-0.15, -0.1) is 0 Å². The van der Waals surface area contributed by atoms with Crippen molar-refractivity contribution in [3.8, 4) is 0 Å². The molecule has 4 nitrogen and oxygen atoms in total. The smallest absolute Gasteiger partial charge is 0.271 e. The Kier molecular flexibility index (Phi) is 3.45. The van der Waals surface area contributed by atoms with Crippen LogP contribution in [0.1, 0.15) is 12.8 Å². The molecule has 0 unspecified atom stereocenters. The van der Waals surface area contributed by atoms with Crippen molar-refractivity contribution >= 4 is 7.59 Å². The highest BCUT2D eigenvalue weighted by molar-refractivity contribution is 7.56. The summed E-state index contributed by atoms with van der Waals surface area (Å²) in [6, 6.07) is 0. The molecule has 0 aromatic heterocycles. The van der Waals surface area contributed by atoms with Crippen molar-refractivity contribution in [3.05, 3.63) is 23.8 Å². The number of nitrogens with two attached hydrogens (primary N) is 2. The number of likely N-dealkylation sites (N-methyl/N-ethyl adjacent to an activating group) is 1. The molecule has 1 rings (SSSR count). The van der Waals surface area contributed by atoms with Crippen molar-refractivity contribution in [2.24, 2.45) is 11.0 Å². The van der Waals surface area contributed by atoms with E-state index in [1.807, 2.05) is 12.2 Å². The zero-order chi connectivity index (χ0) is 9.90. The molecule has 0 fully saturated rings. The molecule has 4 N–H and O–H groups in total. The van der Waals surface area contributed by atoms with E-state index in [2.05, 4.69) is 6.08 Å². The van der Waals surface area contributed by atoms with Crippen LogP contribution < -0.4 is 11.0 Å². The first kappa shape index (κ1) is 10.7. The summed E-state index contributed by atoms with van der Waals surface area (Å²) in [4.78, 5) is 0. The molecule has 0 aromatic carbocycles. The van der Waals surface area contributed by atoms with Gasteiger partial charge in [-0.2, -0.15) is 0 Å². The molecule has 0 amide bonds. The van der Waals surface area contributed by atoms with Crippen molar-refractivity contribution in [2.45, 2.75) is 12.8 Å². The van der Waals surface area contributed by atoms with Crippen molar-refractivity contribution in [2.75, 3.05) is 13.6 Å². The summed E-state index contributed by atoms with van der Waals surface area (Å²) in [6.07, 6.45) is 8.17. The fourth-order valence-corrected chi connectivity index (χ4v) is 1.59. The van der Waals surface area contributed by atoms with Crippen LogP contribution in [0.5, 0.6) is 0 Å². The van der Waals surface area contributed by atoms with E-state index in [-0.39, 0.29) is 0 Å². The maximum absolute atomic E-state index is 11.2. The Morgan fingerprint density at radius 1 is 1.62 bits per heavy atom. The average molecular weight is 201 g/mol. The first-order valence-electron chi connectivity index (χ1n) is 4.23. The summed E-state index contributed by atoms with van der Waals surface area (Å²) in [6.45, 7) is 0.592. The quantitative estimate of drug-likeness (QED) is 0.673. The molecule has 1 aliphatic carbocycles. The van der Waals surface area contributed by atoms with Gasteiger partial charge in [-0.25, -0.2) is 4.67 Å². The second kappa shape index (κ2) is 4.20. The fraction of sp³-hybridized carbons (Fsp3) is 0.500. The van der Waals surface area contributed by atoms with E-state index in [4.69, 9.17) is 11.0 Å². The molecule has 0 saturated carbocycles. The molecule has 1 aliphatic rings. The summed E-state index contributed by atoms with van der Waals surface area (Å²) >= 11 is 0. The third-order valence-corrected chi connectivity index (χ3v) is 3.27. The molecule has 0 radical (unpaired) electrons. The van der Waals surface area contributed by atoms with Crippen LogP contribution in [-0.4, -0.2) is 18.3 Å². The highest BCUT2D eigenvalue weighted by Crippen LogP contribution is 2.30. The van der Waals surface area contributed by atoms with Crippen molar-refractivity contribution in [3.63, 3.8) is 0 Å². The molecule has 74 valence electrons. The lowest BCUT2D eigenvalue weighted by Crippen LogP contribution is -2.27. The summed E-state index contributed by atoms with van der Waals surface area (Å²) in [5, 5.41) is 0. The van der Waals surface area contributed by atoms with Crippen molar-refractivity contribution in [1.29, 1.82) is 0 Å². The lowest BCUT2D eigenvalue weighted by Gasteiger charge is -2.22. The van der Waals surface area contributed by atoms with Gasteiger partial charge in [-0.05, 0) is 19.9 Å². The highest BCUT2D eigenvalue weighted by Gasteiger charge is 2.17. The zero-order valence-electron chi connectivity index (χ0n) is 7.81. The van der Waals surface area contributed by atoms with Crippen LogP contribution in [0.15, 0.2) is 23.8 Å². The normalized spacial score (nSPS) is 17.7. The van der Waals surface area contributed by atoms with Gasteiger partial charge in [0.15, 0.2) is 0 Å². The lowest BCUT2D eigenvalue weighted by molar-refractivity contribution is 0.487. The van der Waals surface area contributed by atoms with E-state index in [1.165, 1.54) is 10.2 Å². The summed E-state index contributed by atoms with van der Waals surface area (Å²) in [7, 11) is -1.37. The monoisotopic (exact) mass is 201 g/mol. The first-order valence-corrected chi connectivity index (χ1v) is 6.03. The van der Waals surface area contributed by atoms with E-state index in [9.17, 15) is 4.57 Å². The summed E-state index contributed by atoms with van der Waals surface area (Å²) in [5.74, 6) is 0. The van der Waals surface area contributed by atoms with Gasteiger partial charge in [0.1, 0.15) is 0 Å². The van der Waals surface area contributed by atoms with E-state index in [0.717, 1.165) is 12.8 Å². The lowest BCUT2D eigenvalue weighted by atomic mass is 10.1. The molecule has 13 heavy (non-hydrogen) atoms. The first-order chi connectivity index (χ1) is 6.00. The van der Waals surface area contributed by atoms with Crippen molar-refractivity contribution < 1.29 is 4.57 Å². The van der Waals surface area contributed by atoms with Gasteiger partial charge in [0.2, 0.25) is 0 Å². The van der Waals surface area contributed by atoms with E-state index < -0.39 is 7.59 Å². The second-order valence-electron chi connectivity index (χ2n) is 3.28. The molecular formula is C8H16N3OP. The highest BCUT2D eigenvalue weighted by atomic mass is 31.2. The van der Waals surface area contributed by atoms with E-state index in [0.29, 0.717) is 6.54 Å². The van der Waals surface area contributed by atoms with E-state index >= 15 is 0 Å². The molecule has 0 atom stereocenters. The Hall–Kier alpha value is -0.410. The third-order valence-electron chi connectivity index (χ3n) is 2.07. The Bertz CT molecular complexity index is 279. The van der Waals surface area contributed by atoms with Gasteiger partial charge in [0, 0.05) is 6.54 Å². The zero-order valence-corrected chi connectivity index (χ0v) is 8.71. The van der Waals surface area contributed by atoms with Gasteiger partial charge in [-0.1, -0.05) is 23.8 Å². The van der Waals surface area contributed by atoms with Gasteiger partial charge in [0.05, 0.1) is 0 Å². The molecule has 0 heterocycles.